The Bertz CT molecular complexity index is 3430. The Labute approximate surface area is 324 Å². The number of fused-ring (bicyclic) bond motifs is 7. The number of aromatic nitrogens is 2. The van der Waals surface area contributed by atoms with Gasteiger partial charge in [-0.05, 0) is 117 Å². The summed E-state index contributed by atoms with van der Waals surface area (Å²) < 4.78 is 0. The minimum Gasteiger partial charge on any atom is -0.236 e. The molecule has 0 amide bonds. The second-order valence-corrected chi connectivity index (χ2v) is 14.9. The Morgan fingerprint density at radius 1 is 0.268 bits per heavy atom. The van der Waals surface area contributed by atoms with Crippen LogP contribution in [0.3, 0.4) is 0 Å². The Morgan fingerprint density at radius 3 is 1.50 bits per heavy atom. The average Bonchev–Trinajstić information content (AvgIpc) is 3.60. The maximum Gasteiger partial charge on any atom is 0.116 e. The van der Waals surface area contributed by atoms with Crippen LogP contribution in [0.1, 0.15) is 0 Å². The lowest BCUT2D eigenvalue weighted by atomic mass is 9.84. The highest BCUT2D eigenvalue weighted by molar-refractivity contribution is 6.23. The van der Waals surface area contributed by atoms with Crippen LogP contribution in [0.25, 0.3) is 121 Å². The van der Waals surface area contributed by atoms with Crippen LogP contribution in [0.4, 0.5) is 0 Å². The molecule has 0 bridgehead atoms. The number of benzene rings is 10. The summed E-state index contributed by atoms with van der Waals surface area (Å²) in [4.78, 5) is 9.76. The van der Waals surface area contributed by atoms with Crippen molar-refractivity contribution in [2.45, 2.75) is 0 Å². The molecule has 0 aliphatic heterocycles. The molecule has 0 saturated heterocycles. The molecule has 56 heavy (non-hydrogen) atoms. The van der Waals surface area contributed by atoms with Gasteiger partial charge in [0.05, 0.1) is 11.4 Å². The monoisotopic (exact) mass is 708 g/mol. The fourth-order valence-corrected chi connectivity index (χ4v) is 9.33. The van der Waals surface area contributed by atoms with Crippen molar-refractivity contribution >= 4 is 53.9 Å². The summed E-state index contributed by atoms with van der Waals surface area (Å²) in [5.41, 5.74) is 13.8. The second kappa shape index (κ2) is 12.0. The molecule has 258 valence electrons. The van der Waals surface area contributed by atoms with Gasteiger partial charge in [0.2, 0.25) is 0 Å². The number of hydrogen-bond acceptors (Lipinski definition) is 2. The van der Waals surface area contributed by atoms with Gasteiger partial charge in [0.1, 0.15) is 6.33 Å². The Kier molecular flexibility index (Phi) is 6.66. The number of rotatable bonds is 4. The van der Waals surface area contributed by atoms with Gasteiger partial charge in [-0.3, -0.25) is 0 Å². The molecule has 2 nitrogen and oxygen atoms in total. The third-order valence-electron chi connectivity index (χ3n) is 11.8. The van der Waals surface area contributed by atoms with Crippen LogP contribution in [0, 0.1) is 0 Å². The van der Waals surface area contributed by atoms with Gasteiger partial charge in [0, 0.05) is 16.7 Å². The van der Waals surface area contributed by atoms with E-state index in [4.69, 9.17) is 9.97 Å². The maximum atomic E-state index is 4.94. The van der Waals surface area contributed by atoms with E-state index < -0.39 is 0 Å². The minimum absolute atomic E-state index is 0.961. The quantitative estimate of drug-likeness (QED) is 0.170. The lowest BCUT2D eigenvalue weighted by molar-refractivity contribution is 1.19. The molecule has 11 aromatic rings. The van der Waals surface area contributed by atoms with E-state index in [2.05, 4.69) is 188 Å². The van der Waals surface area contributed by atoms with Crippen molar-refractivity contribution < 1.29 is 0 Å². The topological polar surface area (TPSA) is 25.8 Å². The van der Waals surface area contributed by atoms with Crippen LogP contribution in [-0.2, 0) is 0 Å². The normalized spacial score (nSPS) is 11.9. The molecular weight excluding hydrogens is 677 g/mol. The SMILES string of the molecule is c1cc(-c2ccc3c(-c4ccc5ccccc5c4)c4ccccc4c(-c4ccc5ccccc5c4)c3c2)cc(-c2ncnc3c2-c2cccc4cccc-3c24)c1. The number of hydrogen-bond donors (Lipinski definition) is 0. The largest absolute Gasteiger partial charge is 0.236 e. The standard InChI is InChI=1S/C54H32N2/c1-3-12-36-28-40(24-22-33(36)10-1)50-43-18-5-6-19-44(43)51(41-25-23-34-11-2-4-13-37(34)29-41)48-31-39(26-27-45(48)50)38-16-7-17-42(30-38)53-52-46-20-8-14-35-15-9-21-47(49(35)46)54(52)56-32-55-53/h1-32H. The van der Waals surface area contributed by atoms with E-state index in [0.717, 1.165) is 33.6 Å². The molecule has 0 saturated carbocycles. The van der Waals surface area contributed by atoms with Crippen molar-refractivity contribution in [3.63, 3.8) is 0 Å². The molecule has 0 atom stereocenters. The van der Waals surface area contributed by atoms with Gasteiger partial charge in [-0.2, -0.15) is 0 Å². The highest BCUT2D eigenvalue weighted by Crippen LogP contribution is 2.50. The highest BCUT2D eigenvalue weighted by Gasteiger charge is 2.26. The van der Waals surface area contributed by atoms with Gasteiger partial charge in [0.15, 0.2) is 0 Å². The first-order valence-corrected chi connectivity index (χ1v) is 19.2. The van der Waals surface area contributed by atoms with Gasteiger partial charge >= 0.3 is 0 Å². The van der Waals surface area contributed by atoms with Crippen molar-refractivity contribution in [1.29, 1.82) is 0 Å². The van der Waals surface area contributed by atoms with E-state index >= 15 is 0 Å². The summed E-state index contributed by atoms with van der Waals surface area (Å²) in [6.45, 7) is 0. The molecule has 0 unspecified atom stereocenters. The van der Waals surface area contributed by atoms with Gasteiger partial charge in [0.25, 0.3) is 0 Å². The third-order valence-corrected chi connectivity index (χ3v) is 11.8. The fourth-order valence-electron chi connectivity index (χ4n) is 9.33. The van der Waals surface area contributed by atoms with Gasteiger partial charge in [-0.15, -0.1) is 0 Å². The molecule has 1 heterocycles. The molecule has 2 heteroatoms. The van der Waals surface area contributed by atoms with E-state index in [9.17, 15) is 0 Å². The fraction of sp³-hybridized carbons (Fsp3) is 0. The van der Waals surface area contributed by atoms with E-state index in [1.807, 2.05) is 0 Å². The molecule has 0 fully saturated rings. The summed E-state index contributed by atoms with van der Waals surface area (Å²) in [5, 5.41) is 12.4. The number of nitrogens with zero attached hydrogens (tertiary/aromatic N) is 2. The van der Waals surface area contributed by atoms with Crippen molar-refractivity contribution in [3.8, 4) is 67.0 Å². The van der Waals surface area contributed by atoms with Crippen molar-refractivity contribution in [1.82, 2.24) is 9.97 Å². The van der Waals surface area contributed by atoms with Gasteiger partial charge < -0.3 is 0 Å². The van der Waals surface area contributed by atoms with E-state index in [-0.39, 0.29) is 0 Å². The van der Waals surface area contributed by atoms with Crippen LogP contribution in [0.5, 0.6) is 0 Å². The van der Waals surface area contributed by atoms with E-state index in [1.165, 1.54) is 87.2 Å². The van der Waals surface area contributed by atoms with Crippen molar-refractivity contribution in [2.75, 3.05) is 0 Å². The van der Waals surface area contributed by atoms with Crippen LogP contribution >= 0.6 is 0 Å². The smallest absolute Gasteiger partial charge is 0.116 e. The van der Waals surface area contributed by atoms with Gasteiger partial charge in [-0.1, -0.05) is 164 Å². The lowest BCUT2D eigenvalue weighted by Gasteiger charge is -2.19. The van der Waals surface area contributed by atoms with Crippen molar-refractivity contribution in [3.05, 3.63) is 194 Å². The van der Waals surface area contributed by atoms with Crippen LogP contribution in [0.2, 0.25) is 0 Å². The third kappa shape index (κ3) is 4.63. The van der Waals surface area contributed by atoms with Crippen LogP contribution < -0.4 is 0 Å². The summed E-state index contributed by atoms with van der Waals surface area (Å²) in [5.74, 6) is 0. The molecular formula is C54H32N2. The zero-order valence-electron chi connectivity index (χ0n) is 30.4. The molecule has 10 aromatic carbocycles. The summed E-state index contributed by atoms with van der Waals surface area (Å²) in [7, 11) is 0. The lowest BCUT2D eigenvalue weighted by Crippen LogP contribution is -1.93. The van der Waals surface area contributed by atoms with E-state index in [0.29, 0.717) is 0 Å². The second-order valence-electron chi connectivity index (χ2n) is 14.9. The minimum atomic E-state index is 0.961. The van der Waals surface area contributed by atoms with E-state index in [1.54, 1.807) is 6.33 Å². The molecule has 1 aromatic heterocycles. The maximum absolute atomic E-state index is 4.94. The first-order chi connectivity index (χ1) is 27.8. The summed E-state index contributed by atoms with van der Waals surface area (Å²) in [6, 6.07) is 69.0. The highest BCUT2D eigenvalue weighted by atomic mass is 14.9. The molecule has 0 radical (unpaired) electrons. The molecule has 0 spiro atoms. The van der Waals surface area contributed by atoms with Crippen LogP contribution in [0.15, 0.2) is 194 Å². The summed E-state index contributed by atoms with van der Waals surface area (Å²) in [6.07, 6.45) is 1.72. The molecule has 1 aliphatic carbocycles. The van der Waals surface area contributed by atoms with Gasteiger partial charge in [-0.25, -0.2) is 9.97 Å². The first-order valence-electron chi connectivity index (χ1n) is 19.2. The zero-order valence-corrected chi connectivity index (χ0v) is 30.4. The molecule has 0 N–H and O–H groups in total. The Balaban J connectivity index is 1.10. The van der Waals surface area contributed by atoms with Crippen LogP contribution in [-0.4, -0.2) is 9.97 Å². The molecule has 12 rings (SSSR count). The predicted molar refractivity (Wildman–Crippen MR) is 236 cm³/mol. The first kappa shape index (κ1) is 31.0. The predicted octanol–water partition coefficient (Wildman–Crippen LogP) is 14.6. The molecule has 1 aliphatic rings. The van der Waals surface area contributed by atoms with Crippen molar-refractivity contribution in [2.24, 2.45) is 0 Å². The zero-order chi connectivity index (χ0) is 36.7. The Morgan fingerprint density at radius 2 is 0.786 bits per heavy atom. The Hall–Kier alpha value is -7.42. The summed E-state index contributed by atoms with van der Waals surface area (Å²) >= 11 is 0. The average molecular weight is 709 g/mol.